The van der Waals surface area contributed by atoms with Gasteiger partial charge in [0.1, 0.15) is 5.56 Å². The van der Waals surface area contributed by atoms with E-state index in [1.165, 1.54) is 0 Å². The van der Waals surface area contributed by atoms with Gasteiger partial charge in [-0.2, -0.15) is 0 Å². The lowest BCUT2D eigenvalue weighted by Crippen LogP contribution is -2.17. The van der Waals surface area contributed by atoms with Gasteiger partial charge in [-0.05, 0) is 13.8 Å². The molecule has 6 heteroatoms. The number of hydrogen-bond donors (Lipinski definition) is 1. The Balaban J connectivity index is 2.44. The highest BCUT2D eigenvalue weighted by molar-refractivity contribution is 6.13. The average Bonchev–Trinajstić information content (AvgIpc) is 2.81. The van der Waals surface area contributed by atoms with Crippen LogP contribution >= 0.6 is 0 Å². The zero-order valence-corrected chi connectivity index (χ0v) is 11.1. The molecule has 0 atom stereocenters. The number of nitrogens with one attached hydrogen (secondary N) is 1. The van der Waals surface area contributed by atoms with Gasteiger partial charge in [0.25, 0.3) is 0 Å². The molecule has 2 aromatic rings. The number of carbonyl (C=O) groups is 2. The van der Waals surface area contributed by atoms with Gasteiger partial charge >= 0.3 is 11.6 Å². The van der Waals surface area contributed by atoms with Gasteiger partial charge in [-0.25, -0.2) is 14.7 Å². The molecule has 0 bridgehead atoms. The van der Waals surface area contributed by atoms with Crippen molar-refractivity contribution in [2.24, 2.45) is 0 Å². The van der Waals surface area contributed by atoms with E-state index < -0.39 is 17.4 Å². The van der Waals surface area contributed by atoms with Crippen molar-refractivity contribution in [1.82, 2.24) is 5.16 Å². The van der Waals surface area contributed by atoms with Crippen molar-refractivity contribution in [3.05, 3.63) is 57.1 Å². The molecule has 0 saturated carbocycles. The molecule has 0 saturated heterocycles. The number of aryl methyl sites for hydroxylation is 1. The predicted molar refractivity (Wildman–Crippen MR) is 69.9 cm³/mol. The van der Waals surface area contributed by atoms with Gasteiger partial charge in [0.05, 0.1) is 6.61 Å². The first-order valence-corrected chi connectivity index (χ1v) is 6.04. The molecule has 6 nitrogen and oxygen atoms in total. The molecule has 1 heterocycles. The lowest BCUT2D eigenvalue weighted by Gasteiger charge is -2.01. The van der Waals surface area contributed by atoms with Crippen molar-refractivity contribution >= 4 is 11.8 Å². The standard InChI is InChI=1S/C14H13NO5/c1-3-19-14(18)11-10(13(17)20-15-11)12(16)9-6-4-8(2)5-7-9/h4-7,15H,3H2,1-2H3. The molecule has 0 radical (unpaired) electrons. The summed E-state index contributed by atoms with van der Waals surface area (Å²) in [6, 6.07) is 6.65. The van der Waals surface area contributed by atoms with Crippen molar-refractivity contribution < 1.29 is 18.8 Å². The smallest absolute Gasteiger partial charge is 0.369 e. The fourth-order valence-electron chi connectivity index (χ4n) is 1.70. The Morgan fingerprint density at radius 3 is 2.50 bits per heavy atom. The second-order valence-electron chi connectivity index (χ2n) is 4.16. The van der Waals surface area contributed by atoms with Crippen LogP contribution in [-0.4, -0.2) is 23.5 Å². The summed E-state index contributed by atoms with van der Waals surface area (Å²) in [5.41, 5.74) is -0.213. The molecular weight excluding hydrogens is 262 g/mol. The maximum absolute atomic E-state index is 12.3. The van der Waals surface area contributed by atoms with Crippen LogP contribution in [-0.2, 0) is 4.74 Å². The van der Waals surface area contributed by atoms with E-state index in [-0.39, 0.29) is 17.9 Å². The summed E-state index contributed by atoms with van der Waals surface area (Å²) in [5.74, 6) is -1.38. The van der Waals surface area contributed by atoms with Crippen LogP contribution in [0.3, 0.4) is 0 Å². The minimum atomic E-state index is -0.890. The number of carbonyl (C=O) groups excluding carboxylic acids is 2. The Kier molecular flexibility index (Phi) is 3.84. The third kappa shape index (κ3) is 2.54. The SMILES string of the molecule is CCOC(=O)c1[nH]oc(=O)c1C(=O)c1ccc(C)cc1. The largest absolute Gasteiger partial charge is 0.461 e. The van der Waals surface area contributed by atoms with Crippen LogP contribution in [0.15, 0.2) is 33.6 Å². The van der Waals surface area contributed by atoms with E-state index in [0.717, 1.165) is 5.56 Å². The Morgan fingerprint density at radius 2 is 1.90 bits per heavy atom. The minimum absolute atomic E-state index is 0.129. The van der Waals surface area contributed by atoms with E-state index in [1.807, 2.05) is 6.92 Å². The van der Waals surface area contributed by atoms with E-state index in [1.54, 1.807) is 31.2 Å². The summed E-state index contributed by atoms with van der Waals surface area (Å²) in [6.07, 6.45) is 0. The summed E-state index contributed by atoms with van der Waals surface area (Å²) in [4.78, 5) is 35.5. The number of hydrogen-bond acceptors (Lipinski definition) is 5. The van der Waals surface area contributed by atoms with Gasteiger partial charge in [0.15, 0.2) is 5.69 Å². The third-order valence-corrected chi connectivity index (χ3v) is 2.72. The van der Waals surface area contributed by atoms with Gasteiger partial charge < -0.3 is 9.26 Å². The number of ether oxygens (including phenoxy) is 1. The van der Waals surface area contributed by atoms with E-state index >= 15 is 0 Å². The fraction of sp³-hybridized carbons (Fsp3) is 0.214. The molecule has 0 spiro atoms. The molecule has 1 aromatic heterocycles. The molecule has 1 aromatic carbocycles. The summed E-state index contributed by atoms with van der Waals surface area (Å²) in [7, 11) is 0. The Morgan fingerprint density at radius 1 is 1.25 bits per heavy atom. The summed E-state index contributed by atoms with van der Waals surface area (Å²) >= 11 is 0. The molecule has 0 amide bonds. The van der Waals surface area contributed by atoms with Gasteiger partial charge in [-0.1, -0.05) is 29.8 Å². The minimum Gasteiger partial charge on any atom is -0.461 e. The first-order chi connectivity index (χ1) is 9.54. The molecule has 0 aliphatic carbocycles. The van der Waals surface area contributed by atoms with E-state index in [0.29, 0.717) is 5.56 Å². The molecule has 0 fully saturated rings. The normalized spacial score (nSPS) is 10.3. The number of esters is 1. The number of aromatic amines is 1. The first-order valence-electron chi connectivity index (χ1n) is 6.04. The number of rotatable bonds is 4. The van der Waals surface area contributed by atoms with Gasteiger partial charge in [0.2, 0.25) is 5.78 Å². The average molecular weight is 275 g/mol. The van der Waals surface area contributed by atoms with Crippen LogP contribution in [0, 0.1) is 6.92 Å². The van der Waals surface area contributed by atoms with Crippen molar-refractivity contribution in [2.75, 3.05) is 6.61 Å². The molecule has 20 heavy (non-hydrogen) atoms. The monoisotopic (exact) mass is 275 g/mol. The van der Waals surface area contributed by atoms with Crippen LogP contribution in [0.4, 0.5) is 0 Å². The van der Waals surface area contributed by atoms with Crippen molar-refractivity contribution in [3.63, 3.8) is 0 Å². The van der Waals surface area contributed by atoms with Crippen LogP contribution < -0.4 is 5.63 Å². The van der Waals surface area contributed by atoms with Crippen molar-refractivity contribution in [2.45, 2.75) is 13.8 Å². The van der Waals surface area contributed by atoms with Gasteiger partial charge in [0, 0.05) is 5.56 Å². The highest BCUT2D eigenvalue weighted by Gasteiger charge is 2.26. The van der Waals surface area contributed by atoms with Crippen LogP contribution in [0.1, 0.15) is 38.9 Å². The predicted octanol–water partition coefficient (Wildman–Crippen LogP) is 1.68. The van der Waals surface area contributed by atoms with E-state index in [4.69, 9.17) is 4.74 Å². The Hall–Kier alpha value is -2.63. The number of H-pyrrole nitrogens is 1. The van der Waals surface area contributed by atoms with Crippen LogP contribution in [0.25, 0.3) is 0 Å². The van der Waals surface area contributed by atoms with E-state index in [2.05, 4.69) is 9.68 Å². The Labute approximate surface area is 114 Å². The summed E-state index contributed by atoms with van der Waals surface area (Å²) < 4.78 is 9.29. The summed E-state index contributed by atoms with van der Waals surface area (Å²) in [6.45, 7) is 3.63. The molecular formula is C14H13NO5. The molecule has 2 rings (SSSR count). The first kappa shape index (κ1) is 13.8. The Bertz CT molecular complexity index is 693. The summed E-state index contributed by atoms with van der Waals surface area (Å²) in [5, 5.41) is 2.14. The highest BCUT2D eigenvalue weighted by atomic mass is 16.5. The zero-order valence-electron chi connectivity index (χ0n) is 11.1. The van der Waals surface area contributed by atoms with E-state index in [9.17, 15) is 14.4 Å². The molecule has 0 aliphatic rings. The van der Waals surface area contributed by atoms with Crippen molar-refractivity contribution in [1.29, 1.82) is 0 Å². The number of benzene rings is 1. The lowest BCUT2D eigenvalue weighted by molar-refractivity contribution is 0.0512. The van der Waals surface area contributed by atoms with Gasteiger partial charge in [-0.3, -0.25) is 4.79 Å². The molecule has 0 aliphatic heterocycles. The second-order valence-corrected chi connectivity index (χ2v) is 4.16. The number of aromatic nitrogens is 1. The quantitative estimate of drug-likeness (QED) is 0.677. The highest BCUT2D eigenvalue weighted by Crippen LogP contribution is 2.12. The molecule has 104 valence electrons. The third-order valence-electron chi connectivity index (χ3n) is 2.72. The number of ketones is 1. The second kappa shape index (κ2) is 5.56. The topological polar surface area (TPSA) is 89.4 Å². The lowest BCUT2D eigenvalue weighted by atomic mass is 10.0. The molecule has 1 N–H and O–H groups in total. The fourth-order valence-corrected chi connectivity index (χ4v) is 1.70. The van der Waals surface area contributed by atoms with Crippen LogP contribution in [0.2, 0.25) is 0 Å². The van der Waals surface area contributed by atoms with Gasteiger partial charge in [-0.15, -0.1) is 0 Å². The maximum Gasteiger partial charge on any atom is 0.369 e. The maximum atomic E-state index is 12.3. The molecule has 0 unspecified atom stereocenters. The van der Waals surface area contributed by atoms with Crippen LogP contribution in [0.5, 0.6) is 0 Å². The zero-order chi connectivity index (χ0) is 14.7. The van der Waals surface area contributed by atoms with Crippen molar-refractivity contribution in [3.8, 4) is 0 Å².